The average Bonchev–Trinajstić information content (AvgIpc) is 3.11. The molecule has 4 rings (SSSR count). The van der Waals surface area contributed by atoms with Gasteiger partial charge in [-0.05, 0) is 74.7 Å². The number of amides is 2. The SMILES string of the molecule is CCN(CCc1ccncc1)C1=C(c2ccccc2)C(=O)N(c2ccc(OC(C)C)cc2)C1=O. The van der Waals surface area contributed by atoms with Crippen LogP contribution < -0.4 is 9.64 Å². The van der Waals surface area contributed by atoms with Crippen LogP contribution in [0.2, 0.25) is 0 Å². The summed E-state index contributed by atoms with van der Waals surface area (Å²) in [6.07, 6.45) is 4.31. The number of pyridine rings is 1. The number of hydrogen-bond acceptors (Lipinski definition) is 5. The fraction of sp³-hybridized carbons (Fsp3) is 0.250. The summed E-state index contributed by atoms with van der Waals surface area (Å²) < 4.78 is 5.72. The van der Waals surface area contributed by atoms with E-state index in [1.54, 1.807) is 36.7 Å². The minimum absolute atomic E-state index is 0.0392. The molecule has 0 fully saturated rings. The molecule has 0 saturated heterocycles. The molecule has 2 heterocycles. The largest absolute Gasteiger partial charge is 0.491 e. The molecule has 6 heteroatoms. The first-order chi connectivity index (χ1) is 16.5. The van der Waals surface area contributed by atoms with Crippen LogP contribution in [0.3, 0.4) is 0 Å². The van der Waals surface area contributed by atoms with Crippen LogP contribution in [0.4, 0.5) is 5.69 Å². The van der Waals surface area contributed by atoms with Crippen molar-refractivity contribution in [3.05, 3.63) is 95.9 Å². The van der Waals surface area contributed by atoms with E-state index in [9.17, 15) is 9.59 Å². The second-order valence-corrected chi connectivity index (χ2v) is 8.38. The maximum atomic E-state index is 13.7. The van der Waals surface area contributed by atoms with E-state index in [1.165, 1.54) is 4.90 Å². The van der Waals surface area contributed by atoms with E-state index in [-0.39, 0.29) is 17.9 Å². The van der Waals surface area contributed by atoms with Crippen LogP contribution in [0.15, 0.2) is 84.8 Å². The molecule has 0 aliphatic carbocycles. The smallest absolute Gasteiger partial charge is 0.282 e. The molecule has 2 amide bonds. The maximum absolute atomic E-state index is 13.7. The molecule has 0 spiro atoms. The molecule has 3 aromatic rings. The first kappa shape index (κ1) is 23.2. The maximum Gasteiger partial charge on any atom is 0.282 e. The molecule has 1 aliphatic heterocycles. The lowest BCUT2D eigenvalue weighted by atomic mass is 10.0. The molecule has 1 aromatic heterocycles. The number of hydrogen-bond donors (Lipinski definition) is 0. The highest BCUT2D eigenvalue weighted by molar-refractivity contribution is 6.45. The van der Waals surface area contributed by atoms with Crippen molar-refractivity contribution < 1.29 is 14.3 Å². The van der Waals surface area contributed by atoms with Crippen molar-refractivity contribution in [1.82, 2.24) is 9.88 Å². The van der Waals surface area contributed by atoms with Crippen LogP contribution in [-0.2, 0) is 16.0 Å². The van der Waals surface area contributed by atoms with E-state index >= 15 is 0 Å². The number of nitrogens with zero attached hydrogens (tertiary/aromatic N) is 3. The molecule has 0 unspecified atom stereocenters. The summed E-state index contributed by atoms with van der Waals surface area (Å²) in [5.74, 6) is 0.0749. The summed E-state index contributed by atoms with van der Waals surface area (Å²) in [5.41, 5.74) is 3.27. The summed E-state index contributed by atoms with van der Waals surface area (Å²) in [5, 5.41) is 0. The van der Waals surface area contributed by atoms with Crippen molar-refractivity contribution >= 4 is 23.1 Å². The third-order valence-electron chi connectivity index (χ3n) is 5.71. The number of anilines is 1. The fourth-order valence-corrected chi connectivity index (χ4v) is 4.10. The molecule has 1 aliphatic rings. The predicted molar refractivity (Wildman–Crippen MR) is 133 cm³/mol. The Labute approximate surface area is 200 Å². The Balaban J connectivity index is 1.69. The molecule has 0 saturated carbocycles. The zero-order valence-electron chi connectivity index (χ0n) is 19.8. The molecule has 34 heavy (non-hydrogen) atoms. The number of rotatable bonds is 9. The van der Waals surface area contributed by atoms with Crippen molar-refractivity contribution in [3.63, 3.8) is 0 Å². The quantitative estimate of drug-likeness (QED) is 0.437. The van der Waals surface area contributed by atoms with Gasteiger partial charge in [-0.2, -0.15) is 0 Å². The number of carbonyl (C=O) groups is 2. The van der Waals surface area contributed by atoms with Gasteiger partial charge in [-0.1, -0.05) is 30.3 Å². The van der Waals surface area contributed by atoms with Crippen molar-refractivity contribution in [3.8, 4) is 5.75 Å². The summed E-state index contributed by atoms with van der Waals surface area (Å²) in [7, 11) is 0. The number of likely N-dealkylation sites (N-methyl/N-ethyl adjacent to an activating group) is 1. The lowest BCUT2D eigenvalue weighted by molar-refractivity contribution is -0.120. The molecule has 0 radical (unpaired) electrons. The third-order valence-corrected chi connectivity index (χ3v) is 5.71. The minimum Gasteiger partial charge on any atom is -0.491 e. The van der Waals surface area contributed by atoms with E-state index in [2.05, 4.69) is 4.98 Å². The Kier molecular flexibility index (Phi) is 7.07. The van der Waals surface area contributed by atoms with Crippen molar-refractivity contribution in [2.45, 2.75) is 33.3 Å². The van der Waals surface area contributed by atoms with Gasteiger partial charge in [-0.3, -0.25) is 14.6 Å². The molecule has 0 bridgehead atoms. The molecule has 174 valence electrons. The van der Waals surface area contributed by atoms with Crippen LogP contribution in [-0.4, -0.2) is 40.9 Å². The zero-order valence-corrected chi connectivity index (χ0v) is 19.8. The lowest BCUT2D eigenvalue weighted by Crippen LogP contribution is -2.36. The van der Waals surface area contributed by atoms with E-state index in [0.29, 0.717) is 35.8 Å². The molecule has 2 aromatic carbocycles. The van der Waals surface area contributed by atoms with Crippen molar-refractivity contribution in [1.29, 1.82) is 0 Å². The monoisotopic (exact) mass is 455 g/mol. The molecule has 0 N–H and O–H groups in total. The number of carbonyl (C=O) groups excluding carboxylic acids is 2. The van der Waals surface area contributed by atoms with Crippen LogP contribution in [0.25, 0.3) is 5.57 Å². The topological polar surface area (TPSA) is 62.7 Å². The Morgan fingerprint density at radius 3 is 2.21 bits per heavy atom. The highest BCUT2D eigenvalue weighted by Gasteiger charge is 2.42. The lowest BCUT2D eigenvalue weighted by Gasteiger charge is -2.25. The Hall–Kier alpha value is -3.93. The van der Waals surface area contributed by atoms with Gasteiger partial charge in [-0.15, -0.1) is 0 Å². The highest BCUT2D eigenvalue weighted by Crippen LogP contribution is 2.35. The van der Waals surface area contributed by atoms with Gasteiger partial charge in [0.1, 0.15) is 11.4 Å². The second kappa shape index (κ2) is 10.3. The summed E-state index contributed by atoms with van der Waals surface area (Å²) in [4.78, 5) is 34.7. The number of aromatic nitrogens is 1. The van der Waals surface area contributed by atoms with Gasteiger partial charge in [0.15, 0.2) is 0 Å². The van der Waals surface area contributed by atoms with Crippen LogP contribution in [0, 0.1) is 0 Å². The first-order valence-corrected chi connectivity index (χ1v) is 11.6. The number of imide groups is 1. The predicted octanol–water partition coefficient (Wildman–Crippen LogP) is 4.72. The summed E-state index contributed by atoms with van der Waals surface area (Å²) in [6, 6.07) is 20.4. The van der Waals surface area contributed by atoms with Crippen LogP contribution in [0.1, 0.15) is 31.9 Å². The van der Waals surface area contributed by atoms with Gasteiger partial charge in [0.2, 0.25) is 0 Å². The van der Waals surface area contributed by atoms with Crippen molar-refractivity contribution in [2.24, 2.45) is 0 Å². The molecule has 0 atom stereocenters. The summed E-state index contributed by atoms with van der Waals surface area (Å²) >= 11 is 0. The van der Waals surface area contributed by atoms with Crippen molar-refractivity contribution in [2.75, 3.05) is 18.0 Å². The van der Waals surface area contributed by atoms with Crippen LogP contribution in [0.5, 0.6) is 5.75 Å². The van der Waals surface area contributed by atoms with Gasteiger partial charge in [0, 0.05) is 25.5 Å². The standard InChI is InChI=1S/C28H29N3O3/c1-4-30(19-16-21-14-17-29-18-15-21)26-25(22-8-6-5-7-9-22)27(32)31(28(26)33)23-10-12-24(13-11-23)34-20(2)3/h5-15,17-18,20H,4,16,19H2,1-3H3. The van der Waals surface area contributed by atoms with Gasteiger partial charge in [0.05, 0.1) is 17.4 Å². The van der Waals surface area contributed by atoms with Gasteiger partial charge < -0.3 is 9.64 Å². The molecule has 6 nitrogen and oxygen atoms in total. The third kappa shape index (κ3) is 4.86. The first-order valence-electron chi connectivity index (χ1n) is 11.6. The zero-order chi connectivity index (χ0) is 24.1. The van der Waals surface area contributed by atoms with Gasteiger partial charge in [-0.25, -0.2) is 4.90 Å². The van der Waals surface area contributed by atoms with Crippen LogP contribution >= 0.6 is 0 Å². The molecular formula is C28H29N3O3. The second-order valence-electron chi connectivity index (χ2n) is 8.38. The number of ether oxygens (including phenoxy) is 1. The fourth-order valence-electron chi connectivity index (χ4n) is 4.10. The van der Waals surface area contributed by atoms with Gasteiger partial charge >= 0.3 is 0 Å². The number of benzene rings is 2. The Morgan fingerprint density at radius 2 is 1.59 bits per heavy atom. The summed E-state index contributed by atoms with van der Waals surface area (Å²) in [6.45, 7) is 7.12. The van der Waals surface area contributed by atoms with E-state index in [4.69, 9.17) is 4.74 Å². The highest BCUT2D eigenvalue weighted by atomic mass is 16.5. The van der Waals surface area contributed by atoms with Gasteiger partial charge in [0.25, 0.3) is 11.8 Å². The molecular weight excluding hydrogens is 426 g/mol. The Bertz CT molecular complexity index is 1170. The average molecular weight is 456 g/mol. The normalized spacial score (nSPS) is 13.7. The van der Waals surface area contributed by atoms with E-state index in [1.807, 2.05) is 68.1 Å². The van der Waals surface area contributed by atoms with E-state index in [0.717, 1.165) is 17.5 Å². The Morgan fingerprint density at radius 1 is 0.912 bits per heavy atom. The van der Waals surface area contributed by atoms with E-state index < -0.39 is 0 Å². The minimum atomic E-state index is -0.314.